The van der Waals surface area contributed by atoms with Crippen LogP contribution in [0.3, 0.4) is 0 Å². The third-order valence-corrected chi connectivity index (χ3v) is 6.88. The van der Waals surface area contributed by atoms with E-state index in [0.29, 0.717) is 11.8 Å². The molecule has 2 aliphatic carbocycles. The van der Waals surface area contributed by atoms with Gasteiger partial charge in [0, 0.05) is 44.7 Å². The van der Waals surface area contributed by atoms with Crippen molar-refractivity contribution in [2.45, 2.75) is 19.3 Å². The number of amides is 1. The molecule has 150 valence electrons. The number of benzene rings is 1. The van der Waals surface area contributed by atoms with Gasteiger partial charge < -0.3 is 14.4 Å². The lowest BCUT2D eigenvalue weighted by Crippen LogP contribution is -2.44. The highest BCUT2D eigenvalue weighted by molar-refractivity contribution is 5.94. The van der Waals surface area contributed by atoms with Gasteiger partial charge in [-0.3, -0.25) is 9.69 Å². The molecule has 5 nitrogen and oxygen atoms in total. The zero-order chi connectivity index (χ0) is 18.9. The Morgan fingerprint density at radius 2 is 2.04 bits per heavy atom. The largest absolute Gasteiger partial charge is 0.493 e. The van der Waals surface area contributed by atoms with Gasteiger partial charge in [0.05, 0.1) is 19.8 Å². The number of ether oxygens (including phenoxy) is 2. The first-order chi connectivity index (χ1) is 13.8. The van der Waals surface area contributed by atoms with Crippen molar-refractivity contribution in [3.8, 4) is 5.75 Å². The first-order valence-corrected chi connectivity index (χ1v) is 10.8. The number of carbonyl (C=O) groups excluding carboxylic acids is 1. The van der Waals surface area contributed by atoms with E-state index in [1.54, 1.807) is 0 Å². The molecule has 1 aromatic carbocycles. The summed E-state index contributed by atoms with van der Waals surface area (Å²) in [6, 6.07) is 5.96. The van der Waals surface area contributed by atoms with Crippen molar-refractivity contribution in [3.05, 3.63) is 41.5 Å². The summed E-state index contributed by atoms with van der Waals surface area (Å²) in [6.45, 7) is 6.87. The molecule has 1 saturated carbocycles. The van der Waals surface area contributed by atoms with Gasteiger partial charge in [0.1, 0.15) is 5.75 Å². The van der Waals surface area contributed by atoms with Crippen LogP contribution in [0.1, 0.15) is 28.8 Å². The van der Waals surface area contributed by atoms with E-state index in [0.717, 1.165) is 76.2 Å². The predicted molar refractivity (Wildman–Crippen MR) is 108 cm³/mol. The Kier molecular flexibility index (Phi) is 5.12. The van der Waals surface area contributed by atoms with E-state index in [-0.39, 0.29) is 5.91 Å². The maximum Gasteiger partial charge on any atom is 0.253 e. The molecule has 1 amide bonds. The maximum atomic E-state index is 13.4. The van der Waals surface area contributed by atoms with Gasteiger partial charge in [-0.25, -0.2) is 0 Å². The molecule has 0 spiro atoms. The summed E-state index contributed by atoms with van der Waals surface area (Å²) in [5.41, 5.74) is 1.98. The normalized spacial score (nSPS) is 28.4. The highest BCUT2D eigenvalue weighted by Crippen LogP contribution is 2.43. The second-order valence-corrected chi connectivity index (χ2v) is 8.67. The second kappa shape index (κ2) is 7.88. The number of rotatable bonds is 6. The summed E-state index contributed by atoms with van der Waals surface area (Å²) in [5, 5.41) is 0. The van der Waals surface area contributed by atoms with E-state index in [1.165, 1.54) is 18.4 Å². The summed E-state index contributed by atoms with van der Waals surface area (Å²) in [4.78, 5) is 18.0. The van der Waals surface area contributed by atoms with Crippen LogP contribution in [0.2, 0.25) is 0 Å². The SMILES string of the molecule is O=C(c1ccc2c(c1)CCO2)N(CCN1CCOCC1)C[C@@H]1C[C@H]2C=C[C@H]1C2. The van der Waals surface area contributed by atoms with E-state index in [9.17, 15) is 4.79 Å². The van der Waals surface area contributed by atoms with Gasteiger partial charge in [0.25, 0.3) is 5.91 Å². The molecular weight excluding hydrogens is 352 g/mol. The fraction of sp³-hybridized carbons (Fsp3) is 0.609. The lowest BCUT2D eigenvalue weighted by Gasteiger charge is -2.32. The van der Waals surface area contributed by atoms with Crippen LogP contribution in [0.5, 0.6) is 5.75 Å². The van der Waals surface area contributed by atoms with Crippen molar-refractivity contribution in [2.24, 2.45) is 17.8 Å². The van der Waals surface area contributed by atoms with Crippen molar-refractivity contribution in [3.63, 3.8) is 0 Å². The van der Waals surface area contributed by atoms with E-state index < -0.39 is 0 Å². The molecule has 0 N–H and O–H groups in total. The summed E-state index contributed by atoms with van der Waals surface area (Å²) in [7, 11) is 0. The van der Waals surface area contributed by atoms with Crippen molar-refractivity contribution in [2.75, 3.05) is 52.5 Å². The van der Waals surface area contributed by atoms with Crippen molar-refractivity contribution in [1.82, 2.24) is 9.80 Å². The topological polar surface area (TPSA) is 42.0 Å². The number of carbonyl (C=O) groups is 1. The Balaban J connectivity index is 1.30. The molecule has 3 atom stereocenters. The molecule has 2 bridgehead atoms. The Labute approximate surface area is 167 Å². The number of allylic oxidation sites excluding steroid dienone is 2. The van der Waals surface area contributed by atoms with Gasteiger partial charge in [0.15, 0.2) is 0 Å². The van der Waals surface area contributed by atoms with Crippen molar-refractivity contribution < 1.29 is 14.3 Å². The number of hydrogen-bond donors (Lipinski definition) is 0. The van der Waals surface area contributed by atoms with Crippen LogP contribution in [0.4, 0.5) is 0 Å². The first kappa shape index (κ1) is 18.2. The van der Waals surface area contributed by atoms with Crippen LogP contribution in [0.15, 0.2) is 30.4 Å². The number of fused-ring (bicyclic) bond motifs is 3. The lowest BCUT2D eigenvalue weighted by molar-refractivity contribution is 0.0313. The molecule has 28 heavy (non-hydrogen) atoms. The van der Waals surface area contributed by atoms with Crippen LogP contribution in [-0.4, -0.2) is 68.3 Å². The predicted octanol–water partition coefficient (Wildman–Crippen LogP) is 2.61. The molecule has 1 aromatic rings. The van der Waals surface area contributed by atoms with Gasteiger partial charge in [0.2, 0.25) is 0 Å². The monoisotopic (exact) mass is 382 g/mol. The lowest BCUT2D eigenvalue weighted by atomic mass is 9.93. The van der Waals surface area contributed by atoms with Crippen LogP contribution in [-0.2, 0) is 11.2 Å². The second-order valence-electron chi connectivity index (χ2n) is 8.67. The van der Waals surface area contributed by atoms with Crippen LogP contribution < -0.4 is 4.74 Å². The number of morpholine rings is 1. The Morgan fingerprint density at radius 3 is 2.82 bits per heavy atom. The molecule has 0 unspecified atom stereocenters. The number of nitrogens with zero attached hydrogens (tertiary/aromatic N) is 2. The zero-order valence-electron chi connectivity index (χ0n) is 16.5. The third kappa shape index (κ3) is 3.70. The molecular formula is C23H30N2O3. The van der Waals surface area contributed by atoms with Crippen LogP contribution in [0, 0.1) is 17.8 Å². The minimum absolute atomic E-state index is 0.176. The van der Waals surface area contributed by atoms with E-state index >= 15 is 0 Å². The van der Waals surface area contributed by atoms with E-state index in [4.69, 9.17) is 9.47 Å². The molecule has 5 rings (SSSR count). The quantitative estimate of drug-likeness (QED) is 0.710. The smallest absolute Gasteiger partial charge is 0.253 e. The van der Waals surface area contributed by atoms with E-state index in [1.807, 2.05) is 18.2 Å². The van der Waals surface area contributed by atoms with E-state index in [2.05, 4.69) is 22.0 Å². The van der Waals surface area contributed by atoms with Gasteiger partial charge in [-0.15, -0.1) is 0 Å². The fourth-order valence-corrected chi connectivity index (χ4v) is 5.25. The van der Waals surface area contributed by atoms with Crippen molar-refractivity contribution in [1.29, 1.82) is 0 Å². The molecule has 5 heteroatoms. The Bertz CT molecular complexity index is 756. The fourth-order valence-electron chi connectivity index (χ4n) is 5.25. The molecule has 2 aliphatic heterocycles. The molecule has 0 radical (unpaired) electrons. The molecule has 1 saturated heterocycles. The highest BCUT2D eigenvalue weighted by Gasteiger charge is 2.37. The van der Waals surface area contributed by atoms with Crippen LogP contribution in [0.25, 0.3) is 0 Å². The summed E-state index contributed by atoms with van der Waals surface area (Å²) in [6.07, 6.45) is 8.19. The standard InChI is InChI=1S/C23H30N2O3/c26-23(20-3-4-22-19(15-20)5-10-28-22)25(7-6-24-8-11-27-12-9-24)16-21-14-17-1-2-18(21)13-17/h1-4,15,17-18,21H,5-14,16H2/t17-,18-,21-/m0/s1. The Hall–Kier alpha value is -1.85. The summed E-state index contributed by atoms with van der Waals surface area (Å²) < 4.78 is 11.1. The third-order valence-electron chi connectivity index (χ3n) is 6.88. The average Bonchev–Trinajstić information content (AvgIpc) is 3.47. The minimum atomic E-state index is 0.176. The van der Waals surface area contributed by atoms with Gasteiger partial charge in [-0.1, -0.05) is 12.2 Å². The van der Waals surface area contributed by atoms with Gasteiger partial charge in [-0.05, 0) is 54.4 Å². The first-order valence-electron chi connectivity index (χ1n) is 10.8. The van der Waals surface area contributed by atoms with Crippen LogP contribution >= 0.6 is 0 Å². The van der Waals surface area contributed by atoms with Crippen molar-refractivity contribution >= 4 is 5.91 Å². The summed E-state index contributed by atoms with van der Waals surface area (Å²) >= 11 is 0. The zero-order valence-corrected chi connectivity index (χ0v) is 16.5. The Morgan fingerprint density at radius 1 is 1.14 bits per heavy atom. The number of hydrogen-bond acceptors (Lipinski definition) is 4. The molecule has 4 aliphatic rings. The maximum absolute atomic E-state index is 13.4. The minimum Gasteiger partial charge on any atom is -0.493 e. The van der Waals surface area contributed by atoms with Gasteiger partial charge >= 0.3 is 0 Å². The summed E-state index contributed by atoms with van der Waals surface area (Å²) in [5.74, 6) is 3.13. The van der Waals surface area contributed by atoms with Gasteiger partial charge in [-0.2, -0.15) is 0 Å². The average molecular weight is 383 g/mol. The highest BCUT2D eigenvalue weighted by atomic mass is 16.5. The molecule has 2 fully saturated rings. The molecule has 0 aromatic heterocycles. The molecule has 2 heterocycles.